The number of hydrogen-bond donors (Lipinski definition) is 1. The Morgan fingerprint density at radius 2 is 1.83 bits per heavy atom. The van der Waals surface area contributed by atoms with Gasteiger partial charge in [0.15, 0.2) is 11.5 Å². The van der Waals surface area contributed by atoms with Gasteiger partial charge < -0.3 is 14.8 Å². The molecule has 2 aliphatic rings. The Labute approximate surface area is 174 Å². The van der Waals surface area contributed by atoms with E-state index in [0.717, 1.165) is 25.3 Å². The van der Waals surface area contributed by atoms with Gasteiger partial charge in [-0.2, -0.15) is 4.31 Å². The third-order valence-corrected chi connectivity index (χ3v) is 7.10. The first-order chi connectivity index (χ1) is 14.4. The summed E-state index contributed by atoms with van der Waals surface area (Å²) in [5.74, 6) is 1.28. The normalized spacial score (nSPS) is 19.3. The lowest BCUT2D eigenvalue weighted by Crippen LogP contribution is -2.36. The number of fused-ring (bicyclic) bond motifs is 1. The molecule has 2 aromatic carbocycles. The number of nitrogens with one attached hydrogen (secondary N) is 1. The fraction of sp³-hybridized carbons (Fsp3) is 0.400. The fourth-order valence-electron chi connectivity index (χ4n) is 3.61. The number of para-hydroxylation sites is 2. The van der Waals surface area contributed by atoms with E-state index in [0.29, 0.717) is 31.2 Å². The van der Waals surface area contributed by atoms with Crippen LogP contribution >= 0.6 is 0 Å². The number of nitro groups is 1. The van der Waals surface area contributed by atoms with Crippen LogP contribution in [0, 0.1) is 10.1 Å². The van der Waals surface area contributed by atoms with Gasteiger partial charge in [-0.05, 0) is 37.1 Å². The molecule has 0 spiro atoms. The molecule has 0 radical (unpaired) electrons. The van der Waals surface area contributed by atoms with E-state index in [-0.39, 0.29) is 28.9 Å². The number of hydrogen-bond acceptors (Lipinski definition) is 7. The first kappa shape index (κ1) is 20.4. The highest BCUT2D eigenvalue weighted by Crippen LogP contribution is 2.32. The zero-order valence-corrected chi connectivity index (χ0v) is 17.1. The molecule has 2 aliphatic heterocycles. The molecule has 2 heterocycles. The van der Waals surface area contributed by atoms with Crippen LogP contribution in [0.15, 0.2) is 47.4 Å². The molecule has 30 heavy (non-hydrogen) atoms. The number of rotatable bonds is 6. The van der Waals surface area contributed by atoms with E-state index in [1.165, 1.54) is 16.4 Å². The van der Waals surface area contributed by atoms with Crippen molar-refractivity contribution in [2.45, 2.75) is 30.3 Å². The lowest BCUT2D eigenvalue weighted by atomic mass is 10.2. The van der Waals surface area contributed by atoms with Gasteiger partial charge in [-0.3, -0.25) is 10.1 Å². The number of nitro benzene ring substituents is 1. The maximum absolute atomic E-state index is 12.8. The minimum atomic E-state index is -3.75. The van der Waals surface area contributed by atoms with Crippen LogP contribution in [-0.4, -0.2) is 50.0 Å². The van der Waals surface area contributed by atoms with E-state index in [1.54, 1.807) is 6.07 Å². The summed E-state index contributed by atoms with van der Waals surface area (Å²) in [6, 6.07) is 11.3. The maximum Gasteiger partial charge on any atom is 0.293 e. The van der Waals surface area contributed by atoms with Gasteiger partial charge in [-0.25, -0.2) is 8.42 Å². The largest absolute Gasteiger partial charge is 0.486 e. The summed E-state index contributed by atoms with van der Waals surface area (Å²) in [5.41, 5.74) is -0.0507. The molecule has 160 valence electrons. The molecule has 0 aliphatic carbocycles. The second kappa shape index (κ2) is 8.49. The fourth-order valence-corrected chi connectivity index (χ4v) is 5.15. The topological polar surface area (TPSA) is 111 Å². The molecule has 1 unspecified atom stereocenters. The molecule has 0 saturated carbocycles. The van der Waals surface area contributed by atoms with Crippen LogP contribution < -0.4 is 14.8 Å². The minimum Gasteiger partial charge on any atom is -0.486 e. The zero-order valence-electron chi connectivity index (χ0n) is 16.3. The molecule has 1 N–H and O–H groups in total. The highest BCUT2D eigenvalue weighted by molar-refractivity contribution is 7.89. The van der Waals surface area contributed by atoms with Gasteiger partial charge in [0.05, 0.1) is 16.4 Å². The third-order valence-electron chi connectivity index (χ3n) is 5.21. The highest BCUT2D eigenvalue weighted by Gasteiger charge is 2.29. The molecule has 1 saturated heterocycles. The van der Waals surface area contributed by atoms with Gasteiger partial charge in [0.1, 0.15) is 18.4 Å². The third kappa shape index (κ3) is 4.19. The Morgan fingerprint density at radius 3 is 2.57 bits per heavy atom. The lowest BCUT2D eigenvalue weighted by molar-refractivity contribution is -0.384. The SMILES string of the molecule is O=[N+]([O-])c1cc(S(=O)(=O)N2CCCCC2)ccc1NCC1COc2ccccc2O1. The summed E-state index contributed by atoms with van der Waals surface area (Å²) >= 11 is 0. The Bertz CT molecular complexity index is 1040. The Morgan fingerprint density at radius 1 is 1.10 bits per heavy atom. The summed E-state index contributed by atoms with van der Waals surface area (Å²) in [6.45, 7) is 1.46. The molecule has 0 bridgehead atoms. The average molecular weight is 433 g/mol. The monoisotopic (exact) mass is 433 g/mol. The van der Waals surface area contributed by atoms with Crippen LogP contribution in [0.1, 0.15) is 19.3 Å². The number of anilines is 1. The van der Waals surface area contributed by atoms with Crippen LogP contribution in [-0.2, 0) is 10.0 Å². The Balaban J connectivity index is 1.49. The predicted molar refractivity (Wildman–Crippen MR) is 111 cm³/mol. The molecule has 0 aromatic heterocycles. The number of ether oxygens (including phenoxy) is 2. The van der Waals surface area contributed by atoms with Gasteiger partial charge in [0, 0.05) is 19.2 Å². The lowest BCUT2D eigenvalue weighted by Gasteiger charge is -2.27. The number of nitrogens with zero attached hydrogens (tertiary/aromatic N) is 2. The summed E-state index contributed by atoms with van der Waals surface area (Å²) in [7, 11) is -3.75. The highest BCUT2D eigenvalue weighted by atomic mass is 32.2. The first-order valence-corrected chi connectivity index (χ1v) is 11.3. The van der Waals surface area contributed by atoms with E-state index in [4.69, 9.17) is 9.47 Å². The molecule has 1 fully saturated rings. The van der Waals surface area contributed by atoms with Crippen molar-refractivity contribution >= 4 is 21.4 Å². The second-order valence-corrected chi connectivity index (χ2v) is 9.22. The van der Waals surface area contributed by atoms with E-state index in [2.05, 4.69) is 5.32 Å². The molecule has 10 heteroatoms. The smallest absolute Gasteiger partial charge is 0.293 e. The average Bonchev–Trinajstić information content (AvgIpc) is 2.78. The summed E-state index contributed by atoms with van der Waals surface area (Å²) in [4.78, 5) is 11.0. The molecule has 2 aromatic rings. The van der Waals surface area contributed by atoms with Crippen molar-refractivity contribution in [2.75, 3.05) is 31.6 Å². The van der Waals surface area contributed by atoms with Crippen molar-refractivity contribution in [3.63, 3.8) is 0 Å². The van der Waals surface area contributed by atoms with Crippen molar-refractivity contribution in [1.29, 1.82) is 0 Å². The van der Waals surface area contributed by atoms with Crippen molar-refractivity contribution in [3.8, 4) is 11.5 Å². The predicted octanol–water partition coefficient (Wildman–Crippen LogP) is 3.02. The standard InChI is InChI=1S/C20H23N3O6S/c24-23(25)18-12-16(30(26,27)22-10-4-1-5-11-22)8-9-17(18)21-13-15-14-28-19-6-2-3-7-20(19)29-15/h2-3,6-9,12,15,21H,1,4-5,10-11,13-14H2. The van der Waals surface area contributed by atoms with Gasteiger partial charge in [-0.1, -0.05) is 18.6 Å². The van der Waals surface area contributed by atoms with E-state index < -0.39 is 14.9 Å². The second-order valence-electron chi connectivity index (χ2n) is 7.28. The van der Waals surface area contributed by atoms with Crippen molar-refractivity contribution in [2.24, 2.45) is 0 Å². The van der Waals surface area contributed by atoms with Crippen molar-refractivity contribution < 1.29 is 22.8 Å². The number of piperidine rings is 1. The number of benzene rings is 2. The first-order valence-electron chi connectivity index (χ1n) is 9.86. The van der Waals surface area contributed by atoms with E-state index in [1.807, 2.05) is 18.2 Å². The minimum absolute atomic E-state index is 0.0622. The van der Waals surface area contributed by atoms with E-state index >= 15 is 0 Å². The van der Waals surface area contributed by atoms with Crippen LogP contribution in [0.4, 0.5) is 11.4 Å². The van der Waals surface area contributed by atoms with E-state index in [9.17, 15) is 18.5 Å². The van der Waals surface area contributed by atoms with Gasteiger partial charge in [-0.15, -0.1) is 0 Å². The van der Waals surface area contributed by atoms with Crippen LogP contribution in [0.5, 0.6) is 11.5 Å². The van der Waals surface area contributed by atoms with Crippen LogP contribution in [0.25, 0.3) is 0 Å². The molecule has 9 nitrogen and oxygen atoms in total. The van der Waals surface area contributed by atoms with Crippen LogP contribution in [0.3, 0.4) is 0 Å². The molecule has 1 atom stereocenters. The molecule has 0 amide bonds. The van der Waals surface area contributed by atoms with Crippen molar-refractivity contribution in [1.82, 2.24) is 4.31 Å². The molecule has 4 rings (SSSR count). The maximum atomic E-state index is 12.8. The van der Waals surface area contributed by atoms with Gasteiger partial charge in [0.2, 0.25) is 10.0 Å². The summed E-state index contributed by atoms with van der Waals surface area (Å²) in [5, 5.41) is 14.6. The quantitative estimate of drug-likeness (QED) is 0.551. The van der Waals surface area contributed by atoms with Gasteiger partial charge >= 0.3 is 0 Å². The Hall–Kier alpha value is -2.85. The zero-order chi connectivity index (χ0) is 21.1. The Kier molecular flexibility index (Phi) is 5.78. The van der Waals surface area contributed by atoms with Crippen molar-refractivity contribution in [3.05, 3.63) is 52.6 Å². The summed E-state index contributed by atoms with van der Waals surface area (Å²) in [6.07, 6.45) is 2.25. The van der Waals surface area contributed by atoms with Crippen LogP contribution in [0.2, 0.25) is 0 Å². The summed E-state index contributed by atoms with van der Waals surface area (Å²) < 4.78 is 38.6. The molecular formula is C20H23N3O6S. The number of sulfonamides is 1. The molecular weight excluding hydrogens is 410 g/mol. The van der Waals surface area contributed by atoms with Gasteiger partial charge in [0.25, 0.3) is 5.69 Å².